The van der Waals surface area contributed by atoms with Crippen LogP contribution in [0.1, 0.15) is 31.9 Å². The second-order valence-corrected chi connectivity index (χ2v) is 3.87. The summed E-state index contributed by atoms with van der Waals surface area (Å²) < 4.78 is 11.3. The largest absolute Gasteiger partial charge is 0.490 e. The van der Waals surface area contributed by atoms with Crippen LogP contribution in [0.25, 0.3) is 0 Å². The first kappa shape index (κ1) is 10.3. The molecular formula is C12H17NO2. The van der Waals surface area contributed by atoms with Gasteiger partial charge in [0.2, 0.25) is 0 Å². The molecule has 0 aliphatic carbocycles. The van der Waals surface area contributed by atoms with Gasteiger partial charge >= 0.3 is 0 Å². The number of benzene rings is 1. The molecule has 1 aromatic carbocycles. The Kier molecular flexibility index (Phi) is 2.82. The van der Waals surface area contributed by atoms with E-state index in [0.717, 1.165) is 23.5 Å². The molecule has 0 bridgehead atoms. The van der Waals surface area contributed by atoms with E-state index < -0.39 is 0 Å². The van der Waals surface area contributed by atoms with Crippen LogP contribution >= 0.6 is 0 Å². The van der Waals surface area contributed by atoms with Crippen molar-refractivity contribution in [3.8, 4) is 11.5 Å². The van der Waals surface area contributed by atoms with E-state index in [2.05, 4.69) is 6.92 Å². The Morgan fingerprint density at radius 2 is 2.27 bits per heavy atom. The third-order valence-electron chi connectivity index (χ3n) is 2.64. The van der Waals surface area contributed by atoms with Crippen LogP contribution in [-0.4, -0.2) is 12.7 Å². The second kappa shape index (κ2) is 4.11. The molecule has 3 nitrogen and oxygen atoms in total. The molecule has 0 radical (unpaired) electrons. The minimum Gasteiger partial charge on any atom is -0.490 e. The third-order valence-corrected chi connectivity index (χ3v) is 2.64. The first-order valence-electron chi connectivity index (χ1n) is 5.42. The Hall–Kier alpha value is -1.22. The van der Waals surface area contributed by atoms with Gasteiger partial charge in [-0.2, -0.15) is 0 Å². The van der Waals surface area contributed by atoms with Crippen molar-refractivity contribution in [3.05, 3.63) is 23.8 Å². The molecule has 0 saturated carbocycles. The van der Waals surface area contributed by atoms with Crippen molar-refractivity contribution < 1.29 is 9.47 Å². The topological polar surface area (TPSA) is 44.5 Å². The predicted molar refractivity (Wildman–Crippen MR) is 59.2 cm³/mol. The van der Waals surface area contributed by atoms with Crippen molar-refractivity contribution in [3.63, 3.8) is 0 Å². The fourth-order valence-electron chi connectivity index (χ4n) is 1.76. The predicted octanol–water partition coefficient (Wildman–Crippen LogP) is 2.26. The first-order chi connectivity index (χ1) is 7.24. The lowest BCUT2D eigenvalue weighted by Crippen LogP contribution is -2.21. The molecule has 2 N–H and O–H groups in total. The third kappa shape index (κ3) is 1.79. The van der Waals surface area contributed by atoms with Crippen LogP contribution in [0.4, 0.5) is 0 Å². The molecule has 15 heavy (non-hydrogen) atoms. The zero-order valence-corrected chi connectivity index (χ0v) is 9.19. The van der Waals surface area contributed by atoms with Gasteiger partial charge in [-0.05, 0) is 19.4 Å². The SMILES string of the molecule is CCCOc1cccc2c1OC(C)C2N. The highest BCUT2D eigenvalue weighted by molar-refractivity contribution is 5.51. The molecule has 1 aliphatic rings. The number of fused-ring (bicyclic) bond motifs is 1. The first-order valence-corrected chi connectivity index (χ1v) is 5.42. The van der Waals surface area contributed by atoms with Gasteiger partial charge in [-0.3, -0.25) is 0 Å². The van der Waals surface area contributed by atoms with Crippen LogP contribution in [0.3, 0.4) is 0 Å². The van der Waals surface area contributed by atoms with Crippen LogP contribution in [-0.2, 0) is 0 Å². The van der Waals surface area contributed by atoms with Crippen LogP contribution in [0.5, 0.6) is 11.5 Å². The lowest BCUT2D eigenvalue weighted by Gasteiger charge is -2.09. The standard InChI is InChI=1S/C12H17NO2/c1-3-7-14-10-6-4-5-9-11(13)8(2)15-12(9)10/h4-6,8,11H,3,7,13H2,1-2H3. The Morgan fingerprint density at radius 3 is 3.00 bits per heavy atom. The highest BCUT2D eigenvalue weighted by Crippen LogP contribution is 2.41. The minimum atomic E-state index is -0.0369. The zero-order chi connectivity index (χ0) is 10.8. The zero-order valence-electron chi connectivity index (χ0n) is 9.19. The fourth-order valence-corrected chi connectivity index (χ4v) is 1.76. The fraction of sp³-hybridized carbons (Fsp3) is 0.500. The van der Waals surface area contributed by atoms with Crippen LogP contribution in [0.15, 0.2) is 18.2 Å². The highest BCUT2D eigenvalue weighted by Gasteiger charge is 2.30. The summed E-state index contributed by atoms with van der Waals surface area (Å²) in [5.74, 6) is 1.64. The summed E-state index contributed by atoms with van der Waals surface area (Å²) in [5, 5.41) is 0. The maximum Gasteiger partial charge on any atom is 0.166 e. The summed E-state index contributed by atoms with van der Waals surface area (Å²) in [4.78, 5) is 0. The number of para-hydroxylation sites is 1. The molecular weight excluding hydrogens is 190 g/mol. The van der Waals surface area contributed by atoms with E-state index in [1.54, 1.807) is 0 Å². The molecule has 0 fully saturated rings. The molecule has 2 unspecified atom stereocenters. The molecule has 82 valence electrons. The lowest BCUT2D eigenvalue weighted by atomic mass is 10.1. The Morgan fingerprint density at radius 1 is 1.47 bits per heavy atom. The van der Waals surface area contributed by atoms with Crippen LogP contribution < -0.4 is 15.2 Å². The summed E-state index contributed by atoms with van der Waals surface area (Å²) in [6, 6.07) is 5.86. The average Bonchev–Trinajstić information content (AvgIpc) is 2.53. The molecule has 0 amide bonds. The number of ether oxygens (including phenoxy) is 2. The molecule has 0 aromatic heterocycles. The van der Waals surface area contributed by atoms with E-state index in [9.17, 15) is 0 Å². The molecule has 2 rings (SSSR count). The highest BCUT2D eigenvalue weighted by atomic mass is 16.5. The maximum atomic E-state index is 6.01. The average molecular weight is 207 g/mol. The summed E-state index contributed by atoms with van der Waals surface area (Å²) in [7, 11) is 0. The Bertz CT molecular complexity index is 351. The van der Waals surface area contributed by atoms with Crippen molar-refractivity contribution in [1.82, 2.24) is 0 Å². The molecule has 1 heterocycles. The van der Waals surface area contributed by atoms with E-state index in [4.69, 9.17) is 15.2 Å². The quantitative estimate of drug-likeness (QED) is 0.826. The van der Waals surface area contributed by atoms with Gasteiger partial charge in [-0.1, -0.05) is 19.1 Å². The van der Waals surface area contributed by atoms with Gasteiger partial charge in [-0.25, -0.2) is 0 Å². The molecule has 3 heteroatoms. The molecule has 0 spiro atoms. The van der Waals surface area contributed by atoms with E-state index in [-0.39, 0.29) is 12.1 Å². The van der Waals surface area contributed by atoms with Crippen molar-refractivity contribution >= 4 is 0 Å². The molecule has 1 aliphatic heterocycles. The van der Waals surface area contributed by atoms with Gasteiger partial charge in [0.05, 0.1) is 12.6 Å². The minimum absolute atomic E-state index is 0.0337. The number of nitrogens with two attached hydrogens (primary N) is 1. The Balaban J connectivity index is 2.28. The van der Waals surface area contributed by atoms with Crippen molar-refractivity contribution in [1.29, 1.82) is 0 Å². The van der Waals surface area contributed by atoms with Crippen molar-refractivity contribution in [2.24, 2.45) is 5.73 Å². The summed E-state index contributed by atoms with van der Waals surface area (Å²) >= 11 is 0. The molecule has 0 saturated heterocycles. The number of rotatable bonds is 3. The van der Waals surface area contributed by atoms with Gasteiger partial charge in [0.25, 0.3) is 0 Å². The van der Waals surface area contributed by atoms with Crippen molar-refractivity contribution in [2.45, 2.75) is 32.4 Å². The monoisotopic (exact) mass is 207 g/mol. The smallest absolute Gasteiger partial charge is 0.166 e. The molecule has 2 atom stereocenters. The molecule has 1 aromatic rings. The maximum absolute atomic E-state index is 6.01. The van der Waals surface area contributed by atoms with E-state index >= 15 is 0 Å². The van der Waals surface area contributed by atoms with E-state index in [1.807, 2.05) is 25.1 Å². The number of hydrogen-bond acceptors (Lipinski definition) is 3. The van der Waals surface area contributed by atoms with Crippen LogP contribution in [0, 0.1) is 0 Å². The summed E-state index contributed by atoms with van der Waals surface area (Å²) in [6.45, 7) is 4.77. The number of hydrogen-bond donors (Lipinski definition) is 1. The van der Waals surface area contributed by atoms with Crippen molar-refractivity contribution in [2.75, 3.05) is 6.61 Å². The second-order valence-electron chi connectivity index (χ2n) is 3.87. The van der Waals surface area contributed by atoms with Crippen LogP contribution in [0.2, 0.25) is 0 Å². The van der Waals surface area contributed by atoms with Gasteiger partial charge < -0.3 is 15.2 Å². The van der Waals surface area contributed by atoms with Gasteiger partial charge in [0, 0.05) is 5.56 Å². The van der Waals surface area contributed by atoms with Gasteiger partial charge in [0.1, 0.15) is 6.10 Å². The summed E-state index contributed by atoms with van der Waals surface area (Å²) in [6.07, 6.45) is 1.03. The Labute approximate surface area is 90.2 Å². The lowest BCUT2D eigenvalue weighted by molar-refractivity contribution is 0.214. The van der Waals surface area contributed by atoms with Gasteiger partial charge in [0.15, 0.2) is 11.5 Å². The van der Waals surface area contributed by atoms with Gasteiger partial charge in [-0.15, -0.1) is 0 Å². The normalized spacial score (nSPS) is 23.4. The van der Waals surface area contributed by atoms with E-state index in [1.165, 1.54) is 0 Å². The summed E-state index contributed by atoms with van der Waals surface area (Å²) in [5.41, 5.74) is 7.06. The van der Waals surface area contributed by atoms with E-state index in [0.29, 0.717) is 6.61 Å².